The van der Waals surface area contributed by atoms with Crippen molar-refractivity contribution in [3.05, 3.63) is 125 Å². The number of fused-ring (bicyclic) bond motifs is 3. The molecular weight excluding hydrogens is 462 g/mol. The molecule has 5 aromatic rings. The van der Waals surface area contributed by atoms with Gasteiger partial charge < -0.3 is 19.2 Å². The molecule has 7 nitrogen and oxygen atoms in total. The Labute approximate surface area is 216 Å². The first kappa shape index (κ1) is 22.9. The van der Waals surface area contributed by atoms with Crippen LogP contribution in [0.3, 0.4) is 0 Å². The van der Waals surface area contributed by atoms with E-state index < -0.39 is 0 Å². The van der Waals surface area contributed by atoms with Gasteiger partial charge in [-0.15, -0.1) is 0 Å². The van der Waals surface area contributed by atoms with Crippen LogP contribution in [0.25, 0.3) is 11.5 Å². The highest BCUT2D eigenvalue weighted by molar-refractivity contribution is 5.76. The number of hydrogen-bond donors (Lipinski definition) is 1. The molecule has 0 aliphatic carbocycles. The lowest BCUT2D eigenvalue weighted by atomic mass is 10.0. The highest BCUT2D eigenvalue weighted by atomic mass is 16.3. The molecule has 1 atom stereocenters. The molecule has 0 spiro atoms. The summed E-state index contributed by atoms with van der Waals surface area (Å²) in [5.41, 5.74) is 6.26. The molecule has 1 N–H and O–H groups in total. The number of nitrogens with one attached hydrogen (secondary N) is 1. The molecule has 0 bridgehead atoms. The summed E-state index contributed by atoms with van der Waals surface area (Å²) in [4.78, 5) is 15.8. The second kappa shape index (κ2) is 9.50. The first-order chi connectivity index (χ1) is 18.1. The Kier molecular flexibility index (Phi) is 5.88. The molecule has 186 valence electrons. The van der Waals surface area contributed by atoms with E-state index >= 15 is 0 Å². The summed E-state index contributed by atoms with van der Waals surface area (Å²) in [6, 6.07) is 26.0. The molecular formula is C30H29N5O2. The van der Waals surface area contributed by atoms with Crippen LogP contribution in [0.4, 0.5) is 4.79 Å². The normalized spacial score (nSPS) is 14.6. The maximum absolute atomic E-state index is 13.9. The molecule has 7 heteroatoms. The van der Waals surface area contributed by atoms with Crippen LogP contribution in [0.2, 0.25) is 0 Å². The minimum atomic E-state index is -0.284. The number of carbonyl (C=O) groups is 1. The zero-order valence-electron chi connectivity index (χ0n) is 21.0. The van der Waals surface area contributed by atoms with Crippen molar-refractivity contribution in [2.75, 3.05) is 0 Å². The van der Waals surface area contributed by atoms with Crippen molar-refractivity contribution >= 4 is 6.03 Å². The average Bonchev–Trinajstić information content (AvgIpc) is 3.67. The number of urea groups is 1. The average molecular weight is 492 g/mol. The van der Waals surface area contributed by atoms with E-state index in [9.17, 15) is 4.79 Å². The first-order valence-corrected chi connectivity index (χ1v) is 12.6. The topological polar surface area (TPSA) is 68.2 Å². The lowest BCUT2D eigenvalue weighted by Crippen LogP contribution is -2.41. The van der Waals surface area contributed by atoms with Gasteiger partial charge in [-0.2, -0.15) is 5.10 Å². The fourth-order valence-electron chi connectivity index (χ4n) is 5.13. The molecule has 1 aliphatic rings. The third-order valence-electron chi connectivity index (χ3n) is 6.95. The van der Waals surface area contributed by atoms with E-state index in [1.165, 1.54) is 5.56 Å². The largest absolute Gasteiger partial charge is 0.467 e. The molecule has 4 heterocycles. The van der Waals surface area contributed by atoms with Gasteiger partial charge in [-0.3, -0.25) is 0 Å². The molecule has 0 unspecified atom stereocenters. The molecule has 0 fully saturated rings. The molecule has 0 saturated carbocycles. The van der Waals surface area contributed by atoms with Gasteiger partial charge in [0, 0.05) is 11.8 Å². The maximum atomic E-state index is 13.9. The summed E-state index contributed by atoms with van der Waals surface area (Å²) in [5.74, 6) is 1.69. The summed E-state index contributed by atoms with van der Waals surface area (Å²) in [7, 11) is 0. The Bertz CT molecular complexity index is 1510. The zero-order chi connectivity index (χ0) is 25.4. The van der Waals surface area contributed by atoms with Gasteiger partial charge in [-0.1, -0.05) is 55.0 Å². The summed E-state index contributed by atoms with van der Waals surface area (Å²) in [5, 5.41) is 8.09. The minimum Gasteiger partial charge on any atom is -0.467 e. The Balaban J connectivity index is 1.52. The molecule has 6 rings (SSSR count). The molecule has 0 radical (unpaired) electrons. The van der Waals surface area contributed by atoms with Gasteiger partial charge in [0.1, 0.15) is 11.6 Å². The summed E-state index contributed by atoms with van der Waals surface area (Å²) < 4.78 is 9.66. The zero-order valence-corrected chi connectivity index (χ0v) is 21.0. The number of para-hydroxylation sites is 1. The summed E-state index contributed by atoms with van der Waals surface area (Å²) >= 11 is 0. The molecule has 1 aliphatic heterocycles. The molecule has 37 heavy (non-hydrogen) atoms. The van der Waals surface area contributed by atoms with Gasteiger partial charge in [0.2, 0.25) is 0 Å². The van der Waals surface area contributed by atoms with Gasteiger partial charge in [-0.25, -0.2) is 9.48 Å². The predicted molar refractivity (Wildman–Crippen MR) is 142 cm³/mol. The van der Waals surface area contributed by atoms with Gasteiger partial charge in [0.25, 0.3) is 0 Å². The quantitative estimate of drug-likeness (QED) is 0.331. The smallest absolute Gasteiger partial charge is 0.318 e. The number of rotatable bonds is 5. The number of hydrogen-bond acceptors (Lipinski definition) is 3. The lowest BCUT2D eigenvalue weighted by Gasteiger charge is -2.31. The fraction of sp³-hybridized carbons (Fsp3) is 0.200. The van der Waals surface area contributed by atoms with Crippen molar-refractivity contribution in [2.45, 2.75) is 39.4 Å². The number of amides is 2. The van der Waals surface area contributed by atoms with Crippen LogP contribution in [-0.2, 0) is 19.5 Å². The summed E-state index contributed by atoms with van der Waals surface area (Å²) in [6.45, 7) is 4.93. The Hall–Kier alpha value is -4.52. The van der Waals surface area contributed by atoms with Crippen molar-refractivity contribution in [1.82, 2.24) is 24.6 Å². The second-order valence-corrected chi connectivity index (χ2v) is 9.33. The fourth-order valence-corrected chi connectivity index (χ4v) is 5.13. The van der Waals surface area contributed by atoms with Crippen molar-refractivity contribution in [1.29, 1.82) is 0 Å². The van der Waals surface area contributed by atoms with Crippen LogP contribution in [-0.4, -0.2) is 25.3 Å². The van der Waals surface area contributed by atoms with E-state index in [4.69, 9.17) is 9.52 Å². The third-order valence-corrected chi connectivity index (χ3v) is 6.95. The van der Waals surface area contributed by atoms with Crippen molar-refractivity contribution in [2.24, 2.45) is 0 Å². The highest BCUT2D eigenvalue weighted by Gasteiger charge is 2.36. The Morgan fingerprint density at radius 2 is 1.84 bits per heavy atom. The van der Waals surface area contributed by atoms with Crippen LogP contribution in [0.1, 0.15) is 46.8 Å². The summed E-state index contributed by atoms with van der Waals surface area (Å²) in [6.07, 6.45) is 4.45. The van der Waals surface area contributed by atoms with Gasteiger partial charge in [0.05, 0.1) is 42.5 Å². The van der Waals surface area contributed by atoms with E-state index in [0.29, 0.717) is 18.8 Å². The second-order valence-electron chi connectivity index (χ2n) is 9.33. The number of benzene rings is 2. The molecule has 0 saturated heterocycles. The molecule has 2 aromatic carbocycles. The first-order valence-electron chi connectivity index (χ1n) is 12.6. The van der Waals surface area contributed by atoms with Gasteiger partial charge >= 0.3 is 6.03 Å². The number of aryl methyl sites for hydroxylation is 2. The van der Waals surface area contributed by atoms with Crippen molar-refractivity contribution in [3.8, 4) is 11.5 Å². The standard InChI is InChI=1S/C30H29N5O2/c1-3-26-25-20-34(30(36)31-19-24-11-8-18-37-24)28(22-15-13-21(2)14-16-22)27-12-7-17-33(27)29(25)35(32-26)23-9-5-4-6-10-23/h4-18,28H,3,19-20H2,1-2H3,(H,31,36)/t28-/m0/s1. The van der Waals surface area contributed by atoms with Crippen LogP contribution in [0, 0.1) is 6.92 Å². The number of nitrogens with zero attached hydrogens (tertiary/aromatic N) is 4. The Morgan fingerprint density at radius 3 is 2.57 bits per heavy atom. The van der Waals surface area contributed by atoms with Gasteiger partial charge in [-0.05, 0) is 55.3 Å². The highest BCUT2D eigenvalue weighted by Crippen LogP contribution is 2.38. The minimum absolute atomic E-state index is 0.155. The number of furan rings is 1. The maximum Gasteiger partial charge on any atom is 0.318 e. The molecule has 2 amide bonds. The van der Waals surface area contributed by atoms with Crippen LogP contribution in [0.5, 0.6) is 0 Å². The van der Waals surface area contributed by atoms with E-state index in [2.05, 4.69) is 72.4 Å². The lowest BCUT2D eigenvalue weighted by molar-refractivity contribution is 0.179. The van der Waals surface area contributed by atoms with Crippen LogP contribution >= 0.6 is 0 Å². The predicted octanol–water partition coefficient (Wildman–Crippen LogP) is 5.94. The van der Waals surface area contributed by atoms with Crippen LogP contribution < -0.4 is 5.32 Å². The van der Waals surface area contributed by atoms with Crippen LogP contribution in [0.15, 0.2) is 95.7 Å². The number of aromatic nitrogens is 3. The van der Waals surface area contributed by atoms with E-state index in [1.807, 2.05) is 46.0 Å². The number of carbonyl (C=O) groups excluding carboxylic acids is 1. The van der Waals surface area contributed by atoms with Crippen molar-refractivity contribution < 1.29 is 9.21 Å². The van der Waals surface area contributed by atoms with E-state index in [-0.39, 0.29) is 12.1 Å². The molecule has 3 aromatic heterocycles. The van der Waals surface area contributed by atoms with E-state index in [0.717, 1.165) is 40.4 Å². The SMILES string of the molecule is CCc1nn(-c2ccccc2)c2c1CN(C(=O)NCc1ccco1)[C@@H](c1ccc(C)cc1)c1cccn1-2. The van der Waals surface area contributed by atoms with Crippen molar-refractivity contribution in [3.63, 3.8) is 0 Å². The van der Waals surface area contributed by atoms with E-state index in [1.54, 1.807) is 6.26 Å². The Morgan fingerprint density at radius 1 is 1.03 bits per heavy atom. The third kappa shape index (κ3) is 4.12. The monoisotopic (exact) mass is 491 g/mol. The van der Waals surface area contributed by atoms with Gasteiger partial charge in [0.15, 0.2) is 0 Å².